The molecule has 8 heteroatoms. The molecule has 33 heavy (non-hydrogen) atoms. The smallest absolute Gasteiger partial charge is 0.157 e. The monoisotopic (exact) mass is 460 g/mol. The van der Waals surface area contributed by atoms with Gasteiger partial charge in [-0.3, -0.25) is 9.38 Å². The van der Waals surface area contributed by atoms with Crippen molar-refractivity contribution in [3.63, 3.8) is 0 Å². The van der Waals surface area contributed by atoms with Crippen LogP contribution in [0.4, 0.5) is 8.78 Å². The number of hydrogen-bond acceptors (Lipinski definition) is 6. The third-order valence-corrected chi connectivity index (χ3v) is 4.31. The number of hydrogen-bond donors (Lipinski definition) is 1. The molecule has 2 aromatic heterocycles. The lowest BCUT2D eigenvalue weighted by molar-refractivity contribution is 0.340. The van der Waals surface area contributed by atoms with E-state index in [1.807, 2.05) is 50.5 Å². The normalized spacial score (nSPS) is 16.3. The Labute approximate surface area is 195 Å². The summed E-state index contributed by atoms with van der Waals surface area (Å²) in [5.41, 5.74) is 3.96. The second kappa shape index (κ2) is 15.4. The van der Waals surface area contributed by atoms with E-state index in [1.54, 1.807) is 13.2 Å². The van der Waals surface area contributed by atoms with Gasteiger partial charge in [0, 0.05) is 18.5 Å². The number of nitrogens with zero attached hydrogens (tertiary/aromatic N) is 3. The number of fused-ring (bicyclic) bond motifs is 1. The van der Waals surface area contributed by atoms with Crippen molar-refractivity contribution in [2.45, 2.75) is 53.8 Å². The fourth-order valence-corrected chi connectivity index (χ4v) is 2.93. The fourth-order valence-electron chi connectivity index (χ4n) is 2.93. The van der Waals surface area contributed by atoms with Gasteiger partial charge in [0.2, 0.25) is 0 Å². The van der Waals surface area contributed by atoms with Gasteiger partial charge in [-0.2, -0.15) is 0 Å². The summed E-state index contributed by atoms with van der Waals surface area (Å²) in [7, 11) is 0.500. The van der Waals surface area contributed by atoms with E-state index in [-0.39, 0.29) is 6.17 Å². The van der Waals surface area contributed by atoms with Gasteiger partial charge < -0.3 is 19.2 Å². The number of aliphatic imine (C=N–C) groups is 1. The molecular weight excluding hydrogens is 426 g/mol. The first kappa shape index (κ1) is 27.6. The average molecular weight is 461 g/mol. The lowest BCUT2D eigenvalue weighted by Crippen LogP contribution is -2.26. The van der Waals surface area contributed by atoms with E-state index in [1.165, 1.54) is 11.6 Å². The van der Waals surface area contributed by atoms with Crippen LogP contribution in [-0.4, -0.2) is 29.1 Å². The molecule has 0 amide bonds. The molecule has 0 aliphatic carbocycles. The number of allylic oxidation sites excluding steroid dienone is 3. The summed E-state index contributed by atoms with van der Waals surface area (Å²) in [6.45, 7) is 10.5. The van der Waals surface area contributed by atoms with E-state index in [0.717, 1.165) is 23.6 Å². The zero-order valence-corrected chi connectivity index (χ0v) is 20.2. The lowest BCUT2D eigenvalue weighted by Gasteiger charge is -2.19. The topological polar surface area (TPSA) is 66.8 Å². The predicted molar refractivity (Wildman–Crippen MR) is 130 cm³/mol. The van der Waals surface area contributed by atoms with Crippen molar-refractivity contribution in [3.05, 3.63) is 78.5 Å². The maximum absolute atomic E-state index is 10.5. The number of nitrogens with one attached hydrogen (secondary N) is 1. The number of halogens is 2. The minimum Gasteiger partial charge on any atom is -0.463 e. The molecular formula is C25H34F2N4O2. The van der Waals surface area contributed by atoms with Crippen LogP contribution in [0.25, 0.3) is 11.5 Å². The Hall–Kier alpha value is -3.42. The highest BCUT2D eigenvalue weighted by Gasteiger charge is 2.24. The first-order chi connectivity index (χ1) is 16.1. The summed E-state index contributed by atoms with van der Waals surface area (Å²) >= 11 is 0. The highest BCUT2D eigenvalue weighted by atomic mass is 19.1. The first-order valence-electron chi connectivity index (χ1n) is 10.9. The Bertz CT molecular complexity index is 953. The number of rotatable bonds is 5. The third kappa shape index (κ3) is 8.21. The predicted octanol–water partition coefficient (Wildman–Crippen LogP) is 6.93. The van der Waals surface area contributed by atoms with Crippen molar-refractivity contribution in [1.29, 1.82) is 0 Å². The number of alkyl halides is 1. The number of aromatic nitrogens is 1. The van der Waals surface area contributed by atoms with Crippen LogP contribution in [0.2, 0.25) is 0 Å². The largest absolute Gasteiger partial charge is 0.463 e. The molecule has 4 heterocycles. The molecule has 4 rings (SSSR count). The summed E-state index contributed by atoms with van der Waals surface area (Å²) in [5.74, 6) is 1.47. The van der Waals surface area contributed by atoms with E-state index in [0.29, 0.717) is 31.5 Å². The van der Waals surface area contributed by atoms with Crippen LogP contribution in [0.1, 0.15) is 46.8 Å². The average Bonchev–Trinajstić information content (AvgIpc) is 3.62. The van der Waals surface area contributed by atoms with Crippen LogP contribution in [0.5, 0.6) is 0 Å². The van der Waals surface area contributed by atoms with E-state index in [9.17, 15) is 8.78 Å². The number of furan rings is 1. The highest BCUT2D eigenvalue weighted by Crippen LogP contribution is 2.23. The van der Waals surface area contributed by atoms with E-state index in [4.69, 9.17) is 13.9 Å². The van der Waals surface area contributed by atoms with Crippen LogP contribution in [-0.2, 0) is 6.54 Å². The first-order valence-corrected chi connectivity index (χ1v) is 10.9. The zero-order chi connectivity index (χ0) is 24.6. The molecule has 0 saturated heterocycles. The van der Waals surface area contributed by atoms with Crippen molar-refractivity contribution >= 4 is 5.71 Å². The Morgan fingerprint density at radius 3 is 2.64 bits per heavy atom. The quantitative estimate of drug-likeness (QED) is 0.490. The SMILES string of the molecule is C/C=C/F.CC.CC/C=C(\C)C1N=C2C=CN(Cc3cc(-c4ccco4)no3)C=C2N1.CF. The van der Waals surface area contributed by atoms with Gasteiger partial charge in [-0.1, -0.05) is 38.1 Å². The molecule has 0 spiro atoms. The third-order valence-electron chi connectivity index (χ3n) is 4.31. The lowest BCUT2D eigenvalue weighted by atomic mass is 10.2. The molecule has 6 nitrogen and oxygen atoms in total. The maximum atomic E-state index is 10.5. The van der Waals surface area contributed by atoms with Gasteiger partial charge in [-0.05, 0) is 44.1 Å². The molecule has 0 bridgehead atoms. The molecule has 2 aliphatic rings. The molecule has 2 aliphatic heterocycles. The Morgan fingerprint density at radius 1 is 1.30 bits per heavy atom. The van der Waals surface area contributed by atoms with Crippen LogP contribution in [0.15, 0.2) is 86.6 Å². The van der Waals surface area contributed by atoms with Crippen molar-refractivity contribution < 1.29 is 17.7 Å². The highest BCUT2D eigenvalue weighted by molar-refractivity contribution is 6.10. The van der Waals surface area contributed by atoms with Crippen molar-refractivity contribution in [2.24, 2.45) is 4.99 Å². The van der Waals surface area contributed by atoms with Crippen LogP contribution < -0.4 is 5.32 Å². The van der Waals surface area contributed by atoms with Crippen LogP contribution in [0, 0.1) is 0 Å². The maximum Gasteiger partial charge on any atom is 0.157 e. The molecule has 180 valence electrons. The molecule has 0 aromatic carbocycles. The summed E-state index contributed by atoms with van der Waals surface area (Å²) in [6, 6.07) is 5.59. The molecule has 0 radical (unpaired) electrons. The van der Waals surface area contributed by atoms with Crippen molar-refractivity contribution in [3.8, 4) is 11.5 Å². The van der Waals surface area contributed by atoms with E-state index in [2.05, 4.69) is 35.3 Å². The second-order valence-corrected chi connectivity index (χ2v) is 6.56. The fraction of sp³-hybridized carbons (Fsp3) is 0.360. The summed E-state index contributed by atoms with van der Waals surface area (Å²) in [5, 5.41) is 7.52. The van der Waals surface area contributed by atoms with Gasteiger partial charge in [-0.25, -0.2) is 4.39 Å². The summed E-state index contributed by atoms with van der Waals surface area (Å²) in [6.07, 6.45) is 12.8. The van der Waals surface area contributed by atoms with Crippen molar-refractivity contribution in [2.75, 3.05) is 7.18 Å². The summed E-state index contributed by atoms with van der Waals surface area (Å²) in [4.78, 5) is 6.77. The van der Waals surface area contributed by atoms with Gasteiger partial charge in [0.05, 0.1) is 37.7 Å². The van der Waals surface area contributed by atoms with Gasteiger partial charge in [0.1, 0.15) is 11.9 Å². The molecule has 1 unspecified atom stereocenters. The Balaban J connectivity index is 0.000000605. The minimum absolute atomic E-state index is 0.0293. The summed E-state index contributed by atoms with van der Waals surface area (Å²) < 4.78 is 30.8. The zero-order valence-electron chi connectivity index (χ0n) is 20.2. The molecule has 0 fully saturated rings. The van der Waals surface area contributed by atoms with Gasteiger partial charge >= 0.3 is 0 Å². The van der Waals surface area contributed by atoms with Gasteiger partial charge in [0.25, 0.3) is 0 Å². The molecule has 1 N–H and O–H groups in total. The van der Waals surface area contributed by atoms with Gasteiger partial charge in [-0.15, -0.1) is 0 Å². The molecule has 0 saturated carbocycles. The standard InChI is InChI=1S/C19H20N4O2.C3H5F.C2H6.CH3F/c1-3-5-13(2)19-20-15-7-8-23(12-17(15)21-19)11-14-10-16(22-25-14)18-6-4-9-24-18;1-2-3-4;2*1-2/h4-10,12,19,21H,3,11H2,1-2H3;2-3H,1H3;1-2H3;1H3/b13-5+;3-2+;;. The molecule has 2 aromatic rings. The van der Waals surface area contributed by atoms with Crippen molar-refractivity contribution in [1.82, 2.24) is 15.4 Å². The van der Waals surface area contributed by atoms with E-state index >= 15 is 0 Å². The minimum atomic E-state index is 0.0293. The van der Waals surface area contributed by atoms with Crippen LogP contribution in [0.3, 0.4) is 0 Å². The van der Waals surface area contributed by atoms with E-state index < -0.39 is 0 Å². The molecule has 1 atom stereocenters. The Kier molecular flexibility index (Phi) is 12.9. The Morgan fingerprint density at radius 2 is 2.03 bits per heavy atom. The second-order valence-electron chi connectivity index (χ2n) is 6.56. The van der Waals surface area contributed by atoms with Gasteiger partial charge in [0.15, 0.2) is 11.5 Å². The van der Waals surface area contributed by atoms with Crippen LogP contribution >= 0.6 is 0 Å².